The van der Waals surface area contributed by atoms with Crippen LogP contribution in [-0.2, 0) is 10.0 Å². The Balaban J connectivity index is 1.87. The van der Waals surface area contributed by atoms with Crippen LogP contribution in [0, 0.1) is 0 Å². The summed E-state index contributed by atoms with van der Waals surface area (Å²) in [6.07, 6.45) is 2.69. The molecule has 0 atom stereocenters. The molecular weight excluding hydrogens is 416 g/mol. The van der Waals surface area contributed by atoms with E-state index in [1.807, 2.05) is 0 Å². The molecule has 1 saturated heterocycles. The first-order chi connectivity index (χ1) is 13.9. The largest absolute Gasteiger partial charge is 0.493 e. The number of carbonyl (C=O) groups is 1. The van der Waals surface area contributed by atoms with Crippen molar-refractivity contribution >= 4 is 33.2 Å². The van der Waals surface area contributed by atoms with Crippen molar-refractivity contribution in [1.29, 1.82) is 0 Å². The molecule has 0 aromatic heterocycles. The minimum Gasteiger partial charge on any atom is -0.493 e. The van der Waals surface area contributed by atoms with Crippen molar-refractivity contribution in [2.24, 2.45) is 0 Å². The summed E-state index contributed by atoms with van der Waals surface area (Å²) >= 11 is 6.19. The molecule has 1 aliphatic heterocycles. The Kier molecular flexibility index (Phi) is 6.66. The van der Waals surface area contributed by atoms with E-state index in [1.165, 1.54) is 36.7 Å². The summed E-state index contributed by atoms with van der Waals surface area (Å²) in [6, 6.07) is 9.11. The van der Waals surface area contributed by atoms with Crippen LogP contribution in [0.2, 0.25) is 5.02 Å². The fourth-order valence-corrected chi connectivity index (χ4v) is 4.95. The second kappa shape index (κ2) is 9.02. The first-order valence-corrected chi connectivity index (χ1v) is 11.0. The smallest absolute Gasteiger partial charge is 0.257 e. The molecule has 1 heterocycles. The van der Waals surface area contributed by atoms with Crippen LogP contribution in [0.15, 0.2) is 41.3 Å². The Morgan fingerprint density at radius 1 is 1.00 bits per heavy atom. The van der Waals surface area contributed by atoms with E-state index < -0.39 is 15.9 Å². The number of rotatable bonds is 6. The van der Waals surface area contributed by atoms with Gasteiger partial charge >= 0.3 is 0 Å². The molecule has 1 amide bonds. The molecule has 1 fully saturated rings. The number of benzene rings is 2. The van der Waals surface area contributed by atoms with Crippen LogP contribution in [0.3, 0.4) is 0 Å². The molecule has 2 aromatic rings. The van der Waals surface area contributed by atoms with Crippen LogP contribution in [0.1, 0.15) is 29.6 Å². The van der Waals surface area contributed by atoms with Crippen molar-refractivity contribution in [1.82, 2.24) is 4.31 Å². The SMILES string of the molecule is COc1ccc(NC(=O)c2cc(S(=O)(=O)N3CCCCC3)ccc2Cl)cc1OC. The van der Waals surface area contributed by atoms with E-state index in [0.717, 1.165) is 19.3 Å². The van der Waals surface area contributed by atoms with Gasteiger partial charge in [-0.1, -0.05) is 18.0 Å². The summed E-state index contributed by atoms with van der Waals surface area (Å²) in [7, 11) is -0.656. The molecule has 0 aliphatic carbocycles. The molecule has 1 aliphatic rings. The Morgan fingerprint density at radius 2 is 1.69 bits per heavy atom. The van der Waals surface area contributed by atoms with E-state index >= 15 is 0 Å². The van der Waals surface area contributed by atoms with Gasteiger partial charge in [-0.15, -0.1) is 0 Å². The Bertz CT molecular complexity index is 1000. The van der Waals surface area contributed by atoms with Crippen molar-refractivity contribution < 1.29 is 22.7 Å². The number of hydrogen-bond donors (Lipinski definition) is 1. The second-order valence-electron chi connectivity index (χ2n) is 6.63. The van der Waals surface area contributed by atoms with Gasteiger partial charge in [0, 0.05) is 24.8 Å². The fraction of sp³-hybridized carbons (Fsp3) is 0.350. The molecule has 7 nitrogen and oxygen atoms in total. The summed E-state index contributed by atoms with van der Waals surface area (Å²) in [5.74, 6) is 0.467. The lowest BCUT2D eigenvalue weighted by atomic mass is 10.2. The van der Waals surface area contributed by atoms with E-state index in [-0.39, 0.29) is 15.5 Å². The first-order valence-electron chi connectivity index (χ1n) is 9.20. The van der Waals surface area contributed by atoms with E-state index in [2.05, 4.69) is 5.32 Å². The van der Waals surface area contributed by atoms with Gasteiger partial charge in [0.1, 0.15) is 0 Å². The van der Waals surface area contributed by atoms with Gasteiger partial charge in [0.05, 0.1) is 29.7 Å². The minimum absolute atomic E-state index is 0.0567. The highest BCUT2D eigenvalue weighted by atomic mass is 35.5. The highest BCUT2D eigenvalue weighted by Crippen LogP contribution is 2.31. The lowest BCUT2D eigenvalue weighted by Gasteiger charge is -2.26. The maximum absolute atomic E-state index is 12.9. The van der Waals surface area contributed by atoms with Gasteiger partial charge in [0.2, 0.25) is 10.0 Å². The predicted octanol–water partition coefficient (Wildman–Crippen LogP) is 3.78. The highest BCUT2D eigenvalue weighted by Gasteiger charge is 2.27. The number of anilines is 1. The third kappa shape index (κ3) is 4.66. The van der Waals surface area contributed by atoms with Gasteiger partial charge < -0.3 is 14.8 Å². The number of hydrogen-bond acceptors (Lipinski definition) is 5. The minimum atomic E-state index is -3.67. The number of carbonyl (C=O) groups excluding carboxylic acids is 1. The molecular formula is C20H23ClN2O5S. The molecule has 0 radical (unpaired) electrons. The van der Waals surface area contributed by atoms with E-state index in [9.17, 15) is 13.2 Å². The molecule has 1 N–H and O–H groups in total. The van der Waals surface area contributed by atoms with Crippen molar-refractivity contribution in [3.05, 3.63) is 47.0 Å². The van der Waals surface area contributed by atoms with Crippen LogP contribution in [0.25, 0.3) is 0 Å². The normalized spacial score (nSPS) is 15.0. The number of methoxy groups -OCH3 is 2. The predicted molar refractivity (Wildman–Crippen MR) is 112 cm³/mol. The first kappa shape index (κ1) is 21.4. The van der Waals surface area contributed by atoms with Crippen LogP contribution in [0.5, 0.6) is 11.5 Å². The number of nitrogens with one attached hydrogen (secondary N) is 1. The molecule has 0 unspecified atom stereocenters. The lowest BCUT2D eigenvalue weighted by Crippen LogP contribution is -2.35. The van der Waals surface area contributed by atoms with Gasteiger partial charge in [-0.05, 0) is 43.2 Å². The van der Waals surface area contributed by atoms with Crippen LogP contribution < -0.4 is 14.8 Å². The summed E-state index contributed by atoms with van der Waals surface area (Å²) in [6.45, 7) is 0.969. The number of halogens is 1. The molecule has 9 heteroatoms. The molecule has 29 heavy (non-hydrogen) atoms. The molecule has 2 aromatic carbocycles. The monoisotopic (exact) mass is 438 g/mol. The van der Waals surface area contributed by atoms with Gasteiger partial charge in [0.25, 0.3) is 5.91 Å². The average Bonchev–Trinajstić information content (AvgIpc) is 2.74. The number of nitrogens with zero attached hydrogens (tertiary/aromatic N) is 1. The third-order valence-electron chi connectivity index (χ3n) is 4.78. The molecule has 0 bridgehead atoms. The third-order valence-corrected chi connectivity index (χ3v) is 7.00. The molecule has 156 valence electrons. The zero-order chi connectivity index (χ0) is 21.0. The van der Waals surface area contributed by atoms with Crippen molar-refractivity contribution in [2.45, 2.75) is 24.2 Å². The summed E-state index contributed by atoms with van der Waals surface area (Å²) in [4.78, 5) is 12.8. The Labute approximate surface area is 175 Å². The summed E-state index contributed by atoms with van der Waals surface area (Å²) < 4.78 is 37.7. The molecule has 0 saturated carbocycles. The Morgan fingerprint density at radius 3 is 2.34 bits per heavy atom. The Hall–Kier alpha value is -2.29. The van der Waals surface area contributed by atoms with Crippen molar-refractivity contribution in [3.8, 4) is 11.5 Å². The zero-order valence-electron chi connectivity index (χ0n) is 16.3. The zero-order valence-corrected chi connectivity index (χ0v) is 17.8. The van der Waals surface area contributed by atoms with Crippen molar-refractivity contribution in [3.63, 3.8) is 0 Å². The van der Waals surface area contributed by atoms with Gasteiger partial charge in [-0.2, -0.15) is 4.31 Å². The van der Waals surface area contributed by atoms with Crippen LogP contribution in [-0.4, -0.2) is 45.9 Å². The maximum Gasteiger partial charge on any atom is 0.257 e. The van der Waals surface area contributed by atoms with Crippen LogP contribution >= 0.6 is 11.6 Å². The standard InChI is InChI=1S/C20H23ClN2O5S/c1-27-18-9-6-14(12-19(18)28-2)22-20(24)16-13-15(7-8-17(16)21)29(25,26)23-10-4-3-5-11-23/h6-9,12-13H,3-5,10-11H2,1-2H3,(H,22,24). The quantitative estimate of drug-likeness (QED) is 0.741. The average molecular weight is 439 g/mol. The van der Waals surface area contributed by atoms with Gasteiger partial charge in [-0.25, -0.2) is 8.42 Å². The van der Waals surface area contributed by atoms with Gasteiger partial charge in [0.15, 0.2) is 11.5 Å². The number of amides is 1. The summed E-state index contributed by atoms with van der Waals surface area (Å²) in [5.41, 5.74) is 0.549. The highest BCUT2D eigenvalue weighted by molar-refractivity contribution is 7.89. The fourth-order valence-electron chi connectivity index (χ4n) is 3.21. The number of sulfonamides is 1. The van der Waals surface area contributed by atoms with Crippen LogP contribution in [0.4, 0.5) is 5.69 Å². The lowest BCUT2D eigenvalue weighted by molar-refractivity contribution is 0.102. The second-order valence-corrected chi connectivity index (χ2v) is 8.98. The molecule has 0 spiro atoms. The van der Waals surface area contributed by atoms with Crippen molar-refractivity contribution in [2.75, 3.05) is 32.6 Å². The maximum atomic E-state index is 12.9. The van der Waals surface area contributed by atoms with E-state index in [1.54, 1.807) is 18.2 Å². The number of ether oxygens (including phenoxy) is 2. The van der Waals surface area contributed by atoms with Gasteiger partial charge in [-0.3, -0.25) is 4.79 Å². The van der Waals surface area contributed by atoms with E-state index in [4.69, 9.17) is 21.1 Å². The topological polar surface area (TPSA) is 84.9 Å². The molecule has 3 rings (SSSR count). The van der Waals surface area contributed by atoms with E-state index in [0.29, 0.717) is 30.3 Å². The summed E-state index contributed by atoms with van der Waals surface area (Å²) in [5, 5.41) is 2.88. The number of piperidine rings is 1.